The van der Waals surface area contributed by atoms with E-state index < -0.39 is 5.91 Å². The number of allylic oxidation sites excluding steroid dienone is 2. The molecule has 1 aliphatic carbocycles. The third-order valence-corrected chi connectivity index (χ3v) is 6.49. The summed E-state index contributed by atoms with van der Waals surface area (Å²) in [4.78, 5) is 55.2. The summed E-state index contributed by atoms with van der Waals surface area (Å²) in [5.41, 5.74) is 1.71. The second kappa shape index (κ2) is 10.2. The van der Waals surface area contributed by atoms with Crippen LogP contribution in [-0.4, -0.2) is 79.4 Å². The summed E-state index contributed by atoms with van der Waals surface area (Å²) >= 11 is 0. The number of imide groups is 1. The number of hydrogen-bond acceptors (Lipinski definition) is 6. The van der Waals surface area contributed by atoms with Crippen molar-refractivity contribution >= 4 is 35.0 Å². The molecule has 0 bridgehead atoms. The van der Waals surface area contributed by atoms with Crippen molar-refractivity contribution in [1.82, 2.24) is 9.80 Å². The van der Waals surface area contributed by atoms with Crippen LogP contribution in [0.4, 0.5) is 11.4 Å². The summed E-state index contributed by atoms with van der Waals surface area (Å²) in [6.07, 6.45) is 4.88. The van der Waals surface area contributed by atoms with Crippen molar-refractivity contribution in [2.24, 2.45) is 11.8 Å². The highest BCUT2D eigenvalue weighted by molar-refractivity contribution is 6.07. The van der Waals surface area contributed by atoms with Crippen molar-refractivity contribution in [3.05, 3.63) is 36.4 Å². The Morgan fingerprint density at radius 3 is 2.21 bits per heavy atom. The normalized spacial score (nSPS) is 22.3. The van der Waals surface area contributed by atoms with E-state index in [0.29, 0.717) is 38.3 Å². The SMILES string of the molecule is CCN(CC(=O)Nc1ccc(N2CCOCC2)cc1)C(=O)CN1C(=O)[C@H]2CC=CC[C@@H]2C1=O. The molecule has 9 heteroatoms. The van der Waals surface area contributed by atoms with E-state index in [1.165, 1.54) is 4.90 Å². The molecule has 0 unspecified atom stereocenters. The van der Waals surface area contributed by atoms with Crippen molar-refractivity contribution in [2.45, 2.75) is 19.8 Å². The van der Waals surface area contributed by atoms with Crippen LogP contribution in [0.5, 0.6) is 0 Å². The summed E-state index contributed by atoms with van der Waals surface area (Å²) in [6.45, 7) is 4.66. The van der Waals surface area contributed by atoms with Crippen LogP contribution < -0.4 is 10.2 Å². The molecular formula is C24H30N4O5. The molecule has 4 amide bonds. The largest absolute Gasteiger partial charge is 0.378 e. The first-order valence-electron chi connectivity index (χ1n) is 11.5. The monoisotopic (exact) mass is 454 g/mol. The van der Waals surface area contributed by atoms with Gasteiger partial charge in [0.2, 0.25) is 23.6 Å². The van der Waals surface area contributed by atoms with Crippen LogP contribution in [0.2, 0.25) is 0 Å². The third-order valence-electron chi connectivity index (χ3n) is 6.49. The number of benzene rings is 1. The van der Waals surface area contributed by atoms with E-state index >= 15 is 0 Å². The number of likely N-dealkylation sites (N-methyl/N-ethyl adjacent to an activating group) is 1. The van der Waals surface area contributed by atoms with Crippen molar-refractivity contribution in [3.63, 3.8) is 0 Å². The topological polar surface area (TPSA) is 99.3 Å². The van der Waals surface area contributed by atoms with E-state index in [1.54, 1.807) is 6.92 Å². The number of carbonyl (C=O) groups is 4. The Morgan fingerprint density at radius 2 is 1.64 bits per heavy atom. The molecule has 0 aromatic heterocycles. The number of rotatable bonds is 7. The molecule has 2 atom stereocenters. The molecule has 176 valence electrons. The fraction of sp³-hybridized carbons (Fsp3) is 0.500. The van der Waals surface area contributed by atoms with Crippen LogP contribution in [0.15, 0.2) is 36.4 Å². The Hall–Kier alpha value is -3.20. The van der Waals surface area contributed by atoms with Gasteiger partial charge < -0.3 is 19.9 Å². The standard InChI is InChI=1S/C24H30N4O5/c1-2-26(22(30)16-28-23(31)19-5-3-4-6-20(19)24(28)32)15-21(29)25-17-7-9-18(10-8-17)27-11-13-33-14-12-27/h3-4,7-10,19-20H,2,5-6,11-16H2,1H3,(H,25,29)/t19-,20-/m0/s1. The summed E-state index contributed by atoms with van der Waals surface area (Å²) in [6, 6.07) is 7.56. The van der Waals surface area contributed by atoms with E-state index in [9.17, 15) is 19.2 Å². The zero-order valence-electron chi connectivity index (χ0n) is 18.9. The molecule has 2 saturated heterocycles. The Balaban J connectivity index is 1.30. The van der Waals surface area contributed by atoms with Gasteiger partial charge in [-0.25, -0.2) is 0 Å². The van der Waals surface area contributed by atoms with Crippen molar-refractivity contribution < 1.29 is 23.9 Å². The van der Waals surface area contributed by atoms with Gasteiger partial charge in [-0.2, -0.15) is 0 Å². The fourth-order valence-electron chi connectivity index (χ4n) is 4.59. The van der Waals surface area contributed by atoms with E-state index in [-0.39, 0.29) is 42.6 Å². The maximum absolute atomic E-state index is 12.8. The lowest BCUT2D eigenvalue weighted by molar-refractivity contribution is -0.146. The molecule has 2 aliphatic heterocycles. The molecule has 4 rings (SSSR count). The Morgan fingerprint density at radius 1 is 1.03 bits per heavy atom. The molecule has 1 aromatic rings. The van der Waals surface area contributed by atoms with Crippen molar-refractivity contribution in [1.29, 1.82) is 0 Å². The summed E-state index contributed by atoms with van der Waals surface area (Å²) < 4.78 is 5.37. The highest BCUT2D eigenvalue weighted by Crippen LogP contribution is 2.34. The van der Waals surface area contributed by atoms with Gasteiger partial charge in [0.25, 0.3) is 0 Å². The second-order valence-corrected chi connectivity index (χ2v) is 8.52. The van der Waals surface area contributed by atoms with E-state index in [0.717, 1.165) is 23.7 Å². The first-order valence-corrected chi connectivity index (χ1v) is 11.5. The second-order valence-electron chi connectivity index (χ2n) is 8.52. The Kier molecular flexibility index (Phi) is 7.08. The van der Waals surface area contributed by atoms with Gasteiger partial charge in [0.1, 0.15) is 6.54 Å². The summed E-state index contributed by atoms with van der Waals surface area (Å²) in [7, 11) is 0. The molecule has 9 nitrogen and oxygen atoms in total. The average Bonchev–Trinajstić information content (AvgIpc) is 3.08. The number of carbonyl (C=O) groups excluding carboxylic acids is 4. The Bertz CT molecular complexity index is 913. The van der Waals surface area contributed by atoms with Crippen molar-refractivity contribution in [3.8, 4) is 0 Å². The number of hydrogen-bond donors (Lipinski definition) is 1. The van der Waals surface area contributed by atoms with Gasteiger partial charge in [0, 0.05) is 31.0 Å². The number of amides is 4. The minimum atomic E-state index is -0.413. The molecule has 2 heterocycles. The molecule has 0 spiro atoms. The molecule has 1 N–H and O–H groups in total. The molecule has 2 fully saturated rings. The lowest BCUT2D eigenvalue weighted by Crippen LogP contribution is -2.45. The van der Waals surface area contributed by atoms with Crippen LogP contribution in [0.3, 0.4) is 0 Å². The molecular weight excluding hydrogens is 424 g/mol. The molecule has 33 heavy (non-hydrogen) atoms. The lowest BCUT2D eigenvalue weighted by Gasteiger charge is -2.29. The van der Waals surface area contributed by atoms with Gasteiger partial charge in [-0.15, -0.1) is 0 Å². The first-order chi connectivity index (χ1) is 16.0. The third kappa shape index (κ3) is 5.08. The number of likely N-dealkylation sites (tertiary alicyclic amines) is 1. The van der Waals surface area contributed by atoms with Crippen LogP contribution in [0.1, 0.15) is 19.8 Å². The molecule has 0 radical (unpaired) electrons. The fourth-order valence-corrected chi connectivity index (χ4v) is 4.59. The number of anilines is 2. The number of nitrogens with one attached hydrogen (secondary N) is 1. The number of ether oxygens (including phenoxy) is 1. The van der Waals surface area contributed by atoms with Crippen LogP contribution >= 0.6 is 0 Å². The van der Waals surface area contributed by atoms with Crippen molar-refractivity contribution in [2.75, 3.05) is 56.2 Å². The first kappa shape index (κ1) is 23.0. The molecule has 0 saturated carbocycles. The quantitative estimate of drug-likeness (QED) is 0.492. The minimum absolute atomic E-state index is 0.148. The maximum Gasteiger partial charge on any atom is 0.243 e. The average molecular weight is 455 g/mol. The summed E-state index contributed by atoms with van der Waals surface area (Å²) in [5, 5.41) is 2.81. The van der Waals surface area contributed by atoms with Gasteiger partial charge in [0.05, 0.1) is 31.6 Å². The van der Waals surface area contributed by atoms with Crippen LogP contribution in [0, 0.1) is 11.8 Å². The van der Waals surface area contributed by atoms with Gasteiger partial charge >= 0.3 is 0 Å². The number of nitrogens with zero attached hydrogens (tertiary/aromatic N) is 3. The summed E-state index contributed by atoms with van der Waals surface area (Å²) in [5.74, 6) is -2.06. The predicted octanol–water partition coefficient (Wildman–Crippen LogP) is 1.26. The lowest BCUT2D eigenvalue weighted by atomic mass is 9.85. The Labute approximate surface area is 193 Å². The molecule has 3 aliphatic rings. The van der Waals surface area contributed by atoms with E-state index in [2.05, 4.69) is 10.2 Å². The van der Waals surface area contributed by atoms with Gasteiger partial charge in [-0.3, -0.25) is 24.1 Å². The van der Waals surface area contributed by atoms with E-state index in [4.69, 9.17) is 4.74 Å². The number of fused-ring (bicyclic) bond motifs is 1. The highest BCUT2D eigenvalue weighted by Gasteiger charge is 2.47. The van der Waals surface area contributed by atoms with Crippen LogP contribution in [0.25, 0.3) is 0 Å². The van der Waals surface area contributed by atoms with Gasteiger partial charge in [-0.1, -0.05) is 12.2 Å². The highest BCUT2D eigenvalue weighted by atomic mass is 16.5. The number of morpholine rings is 1. The zero-order chi connectivity index (χ0) is 23.4. The smallest absolute Gasteiger partial charge is 0.243 e. The maximum atomic E-state index is 12.8. The van der Waals surface area contributed by atoms with Crippen LogP contribution in [-0.2, 0) is 23.9 Å². The van der Waals surface area contributed by atoms with Gasteiger partial charge in [-0.05, 0) is 44.0 Å². The predicted molar refractivity (Wildman–Crippen MR) is 122 cm³/mol. The zero-order valence-corrected chi connectivity index (χ0v) is 18.9. The van der Waals surface area contributed by atoms with E-state index in [1.807, 2.05) is 36.4 Å². The van der Waals surface area contributed by atoms with Gasteiger partial charge in [0.15, 0.2) is 0 Å². The molecule has 1 aromatic carbocycles. The minimum Gasteiger partial charge on any atom is -0.378 e.